The number of halogens is 1. The number of carbonyl (C=O) groups is 1. The minimum absolute atomic E-state index is 0.0698. The fraction of sp³-hybridized carbons (Fsp3) is 0.424. The zero-order chi connectivity index (χ0) is 28.6. The molecule has 0 radical (unpaired) electrons. The Balaban J connectivity index is 0.000000960. The highest BCUT2D eigenvalue weighted by Crippen LogP contribution is 2.42. The molecule has 6 heteroatoms. The lowest BCUT2D eigenvalue weighted by Crippen LogP contribution is -2.21. The molecule has 5 nitrogen and oxygen atoms in total. The number of ether oxygens (including phenoxy) is 3. The van der Waals surface area contributed by atoms with Crippen LogP contribution in [-0.2, 0) is 22.6 Å². The Kier molecular flexibility index (Phi) is 10.5. The summed E-state index contributed by atoms with van der Waals surface area (Å²) in [5.74, 6) is 1.16. The van der Waals surface area contributed by atoms with E-state index in [1.54, 1.807) is 26.4 Å². The standard InChI is InChI=1S/C29H33FO5.C4H8/c1-29(2,3)28(34-5)25-16-20(9-12-23(25)24-17-21(33-4)11-13-26(24)30)18-35-22-8-6-7-19(15-22)10-14-27(31)32;1-4-2-3-4/h6-9,11-13,15-17,28H,10,14,18H2,1-5H3,(H,31,32);4H,2-3H2,1H3. The lowest BCUT2D eigenvalue weighted by atomic mass is 9.81. The summed E-state index contributed by atoms with van der Waals surface area (Å²) in [6.45, 7) is 8.83. The summed E-state index contributed by atoms with van der Waals surface area (Å²) >= 11 is 0. The monoisotopic (exact) mass is 536 g/mol. The largest absolute Gasteiger partial charge is 0.497 e. The van der Waals surface area contributed by atoms with E-state index in [1.807, 2.05) is 42.5 Å². The van der Waals surface area contributed by atoms with Crippen LogP contribution in [0.1, 0.15) is 69.8 Å². The van der Waals surface area contributed by atoms with E-state index in [4.69, 9.17) is 19.3 Å². The fourth-order valence-electron chi connectivity index (χ4n) is 4.32. The molecule has 210 valence electrons. The van der Waals surface area contributed by atoms with Crippen LogP contribution in [-0.4, -0.2) is 25.3 Å². The number of rotatable bonds is 10. The van der Waals surface area contributed by atoms with Crippen molar-refractivity contribution < 1.29 is 28.5 Å². The Morgan fingerprint density at radius 1 is 0.974 bits per heavy atom. The second kappa shape index (κ2) is 13.6. The molecule has 3 aromatic carbocycles. The second-order valence-electron chi connectivity index (χ2n) is 11.3. The van der Waals surface area contributed by atoms with Gasteiger partial charge in [-0.1, -0.05) is 64.8 Å². The number of benzene rings is 3. The topological polar surface area (TPSA) is 65.0 Å². The highest BCUT2D eigenvalue weighted by Gasteiger charge is 2.29. The molecule has 0 heterocycles. The molecule has 1 fully saturated rings. The van der Waals surface area contributed by atoms with Gasteiger partial charge >= 0.3 is 5.97 Å². The molecule has 0 spiro atoms. The van der Waals surface area contributed by atoms with E-state index in [0.717, 1.165) is 28.2 Å². The van der Waals surface area contributed by atoms with Crippen LogP contribution in [0.15, 0.2) is 60.7 Å². The van der Waals surface area contributed by atoms with Gasteiger partial charge < -0.3 is 19.3 Å². The van der Waals surface area contributed by atoms with Crippen molar-refractivity contribution >= 4 is 5.97 Å². The predicted molar refractivity (Wildman–Crippen MR) is 153 cm³/mol. The molecule has 0 bridgehead atoms. The Hall–Kier alpha value is -3.38. The number of carboxylic acids is 1. The first kappa shape index (κ1) is 30.2. The van der Waals surface area contributed by atoms with Crippen LogP contribution in [0.4, 0.5) is 4.39 Å². The fourth-order valence-corrected chi connectivity index (χ4v) is 4.32. The summed E-state index contributed by atoms with van der Waals surface area (Å²) in [5.41, 5.74) is 3.63. The minimum Gasteiger partial charge on any atom is -0.497 e. The van der Waals surface area contributed by atoms with Crippen molar-refractivity contribution in [3.05, 3.63) is 83.2 Å². The molecule has 3 aromatic rings. The highest BCUT2D eigenvalue weighted by molar-refractivity contribution is 5.70. The molecule has 1 aliphatic rings. The number of carboxylic acid groups (broad SMARTS) is 1. The van der Waals surface area contributed by atoms with Gasteiger partial charge in [-0.15, -0.1) is 0 Å². The zero-order valence-corrected chi connectivity index (χ0v) is 23.9. The van der Waals surface area contributed by atoms with Crippen molar-refractivity contribution in [2.75, 3.05) is 14.2 Å². The molecule has 1 saturated carbocycles. The molecular weight excluding hydrogens is 495 g/mol. The summed E-state index contributed by atoms with van der Waals surface area (Å²) in [4.78, 5) is 10.9. The van der Waals surface area contributed by atoms with E-state index < -0.39 is 5.97 Å². The molecule has 0 aromatic heterocycles. The van der Waals surface area contributed by atoms with Gasteiger partial charge in [-0.25, -0.2) is 4.39 Å². The third-order valence-electron chi connectivity index (χ3n) is 6.68. The molecular formula is C33H41FO5. The Morgan fingerprint density at radius 2 is 1.69 bits per heavy atom. The van der Waals surface area contributed by atoms with E-state index in [9.17, 15) is 9.18 Å². The Morgan fingerprint density at radius 3 is 2.28 bits per heavy atom. The average molecular weight is 537 g/mol. The van der Waals surface area contributed by atoms with Gasteiger partial charge in [-0.05, 0) is 76.4 Å². The van der Waals surface area contributed by atoms with Gasteiger partial charge in [0.25, 0.3) is 0 Å². The lowest BCUT2D eigenvalue weighted by molar-refractivity contribution is -0.136. The summed E-state index contributed by atoms with van der Waals surface area (Å²) < 4.78 is 32.1. The minimum atomic E-state index is -0.831. The van der Waals surface area contributed by atoms with E-state index in [2.05, 4.69) is 27.7 Å². The van der Waals surface area contributed by atoms with Crippen LogP contribution in [0.25, 0.3) is 11.1 Å². The van der Waals surface area contributed by atoms with Crippen molar-refractivity contribution in [1.82, 2.24) is 0 Å². The summed E-state index contributed by atoms with van der Waals surface area (Å²) in [6.07, 6.45) is 3.20. The third-order valence-corrected chi connectivity index (χ3v) is 6.68. The maximum Gasteiger partial charge on any atom is 0.303 e. The lowest BCUT2D eigenvalue weighted by Gasteiger charge is -2.32. The Bertz CT molecular complexity index is 1240. The first-order valence-corrected chi connectivity index (χ1v) is 13.4. The van der Waals surface area contributed by atoms with E-state index >= 15 is 0 Å². The van der Waals surface area contributed by atoms with Gasteiger partial charge in [-0.3, -0.25) is 4.79 Å². The molecule has 0 aliphatic heterocycles. The summed E-state index contributed by atoms with van der Waals surface area (Å²) in [5, 5.41) is 8.92. The van der Waals surface area contributed by atoms with Crippen molar-refractivity contribution in [2.45, 2.75) is 66.1 Å². The number of aliphatic carboxylic acids is 1. The first-order chi connectivity index (χ1) is 18.5. The van der Waals surface area contributed by atoms with Gasteiger partial charge in [-0.2, -0.15) is 0 Å². The normalized spacial score (nSPS) is 13.7. The molecule has 1 unspecified atom stereocenters. The quantitative estimate of drug-likeness (QED) is 0.283. The van der Waals surface area contributed by atoms with Crippen molar-refractivity contribution in [2.24, 2.45) is 11.3 Å². The van der Waals surface area contributed by atoms with Crippen molar-refractivity contribution in [3.63, 3.8) is 0 Å². The first-order valence-electron chi connectivity index (χ1n) is 13.4. The van der Waals surface area contributed by atoms with Gasteiger partial charge in [0.2, 0.25) is 0 Å². The molecule has 0 amide bonds. The van der Waals surface area contributed by atoms with Crippen LogP contribution >= 0.6 is 0 Å². The SMILES string of the molecule is CC1CC1.COc1ccc(F)c(-c2ccc(COc3cccc(CCC(=O)O)c3)cc2C(OC)C(C)(C)C)c1. The number of hydrogen-bond donors (Lipinski definition) is 1. The van der Waals surface area contributed by atoms with Crippen LogP contribution < -0.4 is 9.47 Å². The number of methoxy groups -OCH3 is 2. The predicted octanol–water partition coefficient (Wildman–Crippen LogP) is 8.25. The van der Waals surface area contributed by atoms with Crippen molar-refractivity contribution in [3.8, 4) is 22.6 Å². The average Bonchev–Trinajstić information content (AvgIpc) is 3.69. The Labute approximate surface area is 231 Å². The van der Waals surface area contributed by atoms with Crippen LogP contribution in [0.3, 0.4) is 0 Å². The van der Waals surface area contributed by atoms with Gasteiger partial charge in [0, 0.05) is 19.1 Å². The van der Waals surface area contributed by atoms with Crippen LogP contribution in [0.5, 0.6) is 11.5 Å². The third kappa shape index (κ3) is 9.10. The number of hydrogen-bond acceptors (Lipinski definition) is 4. The van der Waals surface area contributed by atoms with E-state index in [0.29, 0.717) is 30.1 Å². The van der Waals surface area contributed by atoms with Gasteiger partial charge in [0.1, 0.15) is 23.9 Å². The van der Waals surface area contributed by atoms with Crippen LogP contribution in [0, 0.1) is 17.2 Å². The maximum atomic E-state index is 14.9. The maximum absolute atomic E-state index is 14.9. The molecule has 4 rings (SSSR count). The molecule has 1 N–H and O–H groups in total. The highest BCUT2D eigenvalue weighted by atomic mass is 19.1. The smallest absolute Gasteiger partial charge is 0.303 e. The summed E-state index contributed by atoms with van der Waals surface area (Å²) in [7, 11) is 3.22. The summed E-state index contributed by atoms with van der Waals surface area (Å²) in [6, 6.07) is 18.0. The van der Waals surface area contributed by atoms with E-state index in [1.165, 1.54) is 18.9 Å². The van der Waals surface area contributed by atoms with Gasteiger partial charge in [0.05, 0.1) is 13.2 Å². The van der Waals surface area contributed by atoms with E-state index in [-0.39, 0.29) is 23.8 Å². The van der Waals surface area contributed by atoms with Gasteiger partial charge in [0.15, 0.2) is 0 Å². The second-order valence-corrected chi connectivity index (χ2v) is 11.3. The molecule has 0 saturated heterocycles. The molecule has 1 aliphatic carbocycles. The molecule has 1 atom stereocenters. The number of aryl methyl sites for hydroxylation is 1. The van der Waals surface area contributed by atoms with Crippen molar-refractivity contribution in [1.29, 1.82) is 0 Å². The molecule has 39 heavy (non-hydrogen) atoms. The zero-order valence-electron chi connectivity index (χ0n) is 23.9. The van der Waals surface area contributed by atoms with Crippen LogP contribution in [0.2, 0.25) is 0 Å².